The Morgan fingerprint density at radius 1 is 1.41 bits per heavy atom. The van der Waals surface area contributed by atoms with Gasteiger partial charge in [-0.2, -0.15) is 0 Å². The second-order valence-corrected chi connectivity index (χ2v) is 6.42. The van der Waals surface area contributed by atoms with Crippen LogP contribution in [0.1, 0.15) is 38.3 Å². The highest BCUT2D eigenvalue weighted by molar-refractivity contribution is 14.0. The lowest BCUT2D eigenvalue weighted by Crippen LogP contribution is -2.42. The molecule has 2 rings (SSSR count). The minimum Gasteiger partial charge on any atom is -0.356 e. The van der Waals surface area contributed by atoms with Crippen LogP contribution >= 0.6 is 24.0 Å². The maximum Gasteiger partial charge on any atom is 0.193 e. The topological polar surface area (TPSA) is 32.6 Å². The minimum absolute atomic E-state index is 0. The number of rotatable bonds is 4. The van der Waals surface area contributed by atoms with E-state index in [2.05, 4.69) is 59.1 Å². The number of nitrogens with one attached hydrogen (secondary N) is 1. The minimum atomic E-state index is 0. The fourth-order valence-electron chi connectivity index (χ4n) is 3.28. The Hall–Kier alpha value is -0.720. The molecule has 0 spiro atoms. The van der Waals surface area contributed by atoms with Crippen molar-refractivity contribution in [1.29, 1.82) is 0 Å². The van der Waals surface area contributed by atoms with Crippen molar-refractivity contribution < 1.29 is 0 Å². The van der Waals surface area contributed by atoms with Gasteiger partial charge in [0.1, 0.15) is 0 Å². The van der Waals surface area contributed by atoms with Crippen LogP contribution in [0.4, 0.5) is 0 Å². The van der Waals surface area contributed by atoms with E-state index in [-0.39, 0.29) is 24.0 Å². The van der Waals surface area contributed by atoms with Crippen LogP contribution < -0.4 is 5.32 Å². The lowest BCUT2D eigenvalue weighted by molar-refractivity contribution is 0.254. The van der Waals surface area contributed by atoms with Crippen LogP contribution in [-0.2, 0) is 13.6 Å². The first-order valence-corrected chi connectivity index (χ1v) is 8.13. The second kappa shape index (κ2) is 9.43. The molecule has 22 heavy (non-hydrogen) atoms. The van der Waals surface area contributed by atoms with Gasteiger partial charge in [-0.15, -0.1) is 24.0 Å². The van der Waals surface area contributed by atoms with Crippen molar-refractivity contribution in [3.8, 4) is 0 Å². The fourth-order valence-corrected chi connectivity index (χ4v) is 3.28. The first-order chi connectivity index (χ1) is 10.1. The third-order valence-corrected chi connectivity index (χ3v) is 4.84. The summed E-state index contributed by atoms with van der Waals surface area (Å²) in [5.74, 6) is 2.62. The molecule has 5 heteroatoms. The molecule has 0 aliphatic heterocycles. The van der Waals surface area contributed by atoms with Crippen molar-refractivity contribution in [2.75, 3.05) is 20.6 Å². The molecule has 0 radical (unpaired) electrons. The summed E-state index contributed by atoms with van der Waals surface area (Å²) in [6.07, 6.45) is 7.61. The SMILES string of the molecule is CN=C(NCC1CCCCC1C)N(C)Cc1cccn1C.I. The van der Waals surface area contributed by atoms with E-state index < -0.39 is 0 Å². The molecule has 0 aromatic carbocycles. The normalized spacial score (nSPS) is 22.1. The van der Waals surface area contributed by atoms with Crippen LogP contribution in [-0.4, -0.2) is 36.1 Å². The Kier molecular flexibility index (Phi) is 8.28. The van der Waals surface area contributed by atoms with Crippen LogP contribution in [0.15, 0.2) is 23.3 Å². The number of aromatic nitrogens is 1. The van der Waals surface area contributed by atoms with Crippen molar-refractivity contribution in [2.45, 2.75) is 39.2 Å². The zero-order valence-corrected chi connectivity index (χ0v) is 16.7. The fraction of sp³-hybridized carbons (Fsp3) is 0.706. The summed E-state index contributed by atoms with van der Waals surface area (Å²) in [6.45, 7) is 4.32. The Morgan fingerprint density at radius 2 is 2.14 bits per heavy atom. The maximum absolute atomic E-state index is 4.43. The van der Waals surface area contributed by atoms with Gasteiger partial charge in [-0.25, -0.2) is 0 Å². The number of guanidine groups is 1. The molecule has 1 saturated carbocycles. The number of hydrogen-bond acceptors (Lipinski definition) is 1. The van der Waals surface area contributed by atoms with E-state index in [1.165, 1.54) is 31.4 Å². The standard InChI is InChI=1S/C17H30N4.HI/c1-14-8-5-6-9-15(14)12-19-17(18-2)21(4)13-16-10-7-11-20(16)3;/h7,10-11,14-15H,5-6,8-9,12-13H2,1-4H3,(H,18,19);1H. The molecule has 2 unspecified atom stereocenters. The Labute approximate surface area is 152 Å². The second-order valence-electron chi connectivity index (χ2n) is 6.42. The molecular formula is C17H31IN4. The predicted molar refractivity (Wildman–Crippen MR) is 105 cm³/mol. The van der Waals surface area contributed by atoms with Crippen LogP contribution in [0.2, 0.25) is 0 Å². The van der Waals surface area contributed by atoms with E-state index in [1.807, 2.05) is 7.05 Å². The van der Waals surface area contributed by atoms with E-state index in [0.29, 0.717) is 0 Å². The first kappa shape index (κ1) is 19.3. The summed E-state index contributed by atoms with van der Waals surface area (Å²) in [7, 11) is 6.06. The van der Waals surface area contributed by atoms with Gasteiger partial charge in [-0.3, -0.25) is 4.99 Å². The smallest absolute Gasteiger partial charge is 0.193 e. The summed E-state index contributed by atoms with van der Waals surface area (Å²) in [5.41, 5.74) is 1.30. The summed E-state index contributed by atoms with van der Waals surface area (Å²) in [4.78, 5) is 6.63. The van der Waals surface area contributed by atoms with Crippen molar-refractivity contribution in [3.05, 3.63) is 24.0 Å². The van der Waals surface area contributed by atoms with Gasteiger partial charge in [0.05, 0.1) is 6.54 Å². The average Bonchev–Trinajstić information content (AvgIpc) is 2.87. The number of nitrogens with zero attached hydrogens (tertiary/aromatic N) is 3. The van der Waals surface area contributed by atoms with Gasteiger partial charge < -0.3 is 14.8 Å². The van der Waals surface area contributed by atoms with Crippen molar-refractivity contribution in [1.82, 2.24) is 14.8 Å². The quantitative estimate of drug-likeness (QED) is 0.462. The van der Waals surface area contributed by atoms with Crippen LogP contribution in [0.5, 0.6) is 0 Å². The molecule has 1 aliphatic rings. The molecule has 1 aromatic rings. The monoisotopic (exact) mass is 418 g/mol. The van der Waals surface area contributed by atoms with E-state index in [4.69, 9.17) is 0 Å². The number of aryl methyl sites for hydroxylation is 1. The molecular weight excluding hydrogens is 387 g/mol. The van der Waals surface area contributed by atoms with Crippen LogP contribution in [0, 0.1) is 11.8 Å². The van der Waals surface area contributed by atoms with Crippen molar-refractivity contribution in [3.63, 3.8) is 0 Å². The Morgan fingerprint density at radius 3 is 2.73 bits per heavy atom. The van der Waals surface area contributed by atoms with Gasteiger partial charge in [-0.1, -0.05) is 26.2 Å². The lowest BCUT2D eigenvalue weighted by Gasteiger charge is -2.30. The Balaban J connectivity index is 0.00000242. The van der Waals surface area contributed by atoms with Gasteiger partial charge in [0, 0.05) is 39.6 Å². The van der Waals surface area contributed by atoms with Crippen molar-refractivity contribution >= 4 is 29.9 Å². The molecule has 0 saturated heterocycles. The van der Waals surface area contributed by atoms with E-state index in [1.54, 1.807) is 0 Å². The third kappa shape index (κ3) is 5.18. The highest BCUT2D eigenvalue weighted by Gasteiger charge is 2.21. The van der Waals surface area contributed by atoms with Gasteiger partial charge in [-0.05, 0) is 30.4 Å². The van der Waals surface area contributed by atoms with Crippen molar-refractivity contribution in [2.24, 2.45) is 23.9 Å². The largest absolute Gasteiger partial charge is 0.356 e. The highest BCUT2D eigenvalue weighted by atomic mass is 127. The molecule has 0 amide bonds. The summed E-state index contributed by atoms with van der Waals surface area (Å²) in [5, 5.41) is 3.57. The molecule has 2 atom stereocenters. The predicted octanol–water partition coefficient (Wildman–Crippen LogP) is 3.48. The lowest BCUT2D eigenvalue weighted by atomic mass is 9.80. The van der Waals surface area contributed by atoms with Crippen LogP contribution in [0.25, 0.3) is 0 Å². The van der Waals surface area contributed by atoms with E-state index in [0.717, 1.165) is 30.9 Å². The molecule has 4 nitrogen and oxygen atoms in total. The first-order valence-electron chi connectivity index (χ1n) is 8.13. The van der Waals surface area contributed by atoms with Gasteiger partial charge in [0.2, 0.25) is 0 Å². The molecule has 0 bridgehead atoms. The molecule has 1 aromatic heterocycles. The molecule has 1 aliphatic carbocycles. The molecule has 126 valence electrons. The summed E-state index contributed by atoms with van der Waals surface area (Å²) in [6, 6.07) is 4.25. The van der Waals surface area contributed by atoms with Gasteiger partial charge in [0.25, 0.3) is 0 Å². The zero-order chi connectivity index (χ0) is 15.2. The highest BCUT2D eigenvalue weighted by Crippen LogP contribution is 2.28. The summed E-state index contributed by atoms with van der Waals surface area (Å²) < 4.78 is 2.16. The Bertz CT molecular complexity index is 469. The third-order valence-electron chi connectivity index (χ3n) is 4.84. The average molecular weight is 418 g/mol. The number of hydrogen-bond donors (Lipinski definition) is 1. The van der Waals surface area contributed by atoms with E-state index in [9.17, 15) is 0 Å². The van der Waals surface area contributed by atoms with Gasteiger partial charge >= 0.3 is 0 Å². The number of halogens is 1. The summed E-state index contributed by atoms with van der Waals surface area (Å²) >= 11 is 0. The molecule has 1 N–H and O–H groups in total. The molecule has 1 heterocycles. The van der Waals surface area contributed by atoms with E-state index >= 15 is 0 Å². The maximum atomic E-state index is 4.43. The van der Waals surface area contributed by atoms with Gasteiger partial charge in [0.15, 0.2) is 5.96 Å². The zero-order valence-electron chi connectivity index (χ0n) is 14.4. The number of aliphatic imine (C=N–C) groups is 1. The van der Waals surface area contributed by atoms with Crippen LogP contribution in [0.3, 0.4) is 0 Å². The molecule has 1 fully saturated rings.